The molecule has 0 aliphatic carbocycles. The maximum atomic E-state index is 5.53. The monoisotopic (exact) mass is 423 g/mol. The van der Waals surface area contributed by atoms with Crippen LogP contribution >= 0.6 is 12.2 Å². The number of nitrogens with zero attached hydrogens (tertiary/aromatic N) is 3. The fraction of sp³-hybridized carbons (Fsp3) is 0.955. The van der Waals surface area contributed by atoms with Crippen LogP contribution in [0.3, 0.4) is 0 Å². The summed E-state index contributed by atoms with van der Waals surface area (Å²) in [5.74, 6) is 2.72. The molecular formula is C22H41N5OS. The topological polar surface area (TPSA) is 43.0 Å². The van der Waals surface area contributed by atoms with E-state index in [1.165, 1.54) is 58.4 Å². The molecule has 166 valence electrons. The van der Waals surface area contributed by atoms with Crippen LogP contribution in [0.4, 0.5) is 0 Å². The highest BCUT2D eigenvalue weighted by Gasteiger charge is 2.40. The minimum Gasteiger partial charge on any atom is -0.379 e. The van der Waals surface area contributed by atoms with Crippen molar-refractivity contribution in [1.82, 2.24) is 25.3 Å². The highest BCUT2D eigenvalue weighted by atomic mass is 32.1. The minimum absolute atomic E-state index is 0.658. The molecule has 5 aliphatic heterocycles. The molecule has 0 aromatic carbocycles. The predicted octanol–water partition coefficient (Wildman–Crippen LogP) is 1.23. The van der Waals surface area contributed by atoms with E-state index in [1.807, 2.05) is 0 Å². The van der Waals surface area contributed by atoms with Crippen molar-refractivity contribution in [2.45, 2.75) is 38.6 Å². The van der Waals surface area contributed by atoms with Gasteiger partial charge in [-0.2, -0.15) is 0 Å². The lowest BCUT2D eigenvalue weighted by Crippen LogP contribution is -2.59. The van der Waals surface area contributed by atoms with Gasteiger partial charge < -0.3 is 20.3 Å². The van der Waals surface area contributed by atoms with Crippen LogP contribution in [-0.2, 0) is 4.74 Å². The zero-order valence-corrected chi connectivity index (χ0v) is 19.1. The summed E-state index contributed by atoms with van der Waals surface area (Å²) >= 11 is 5.53. The van der Waals surface area contributed by atoms with Gasteiger partial charge >= 0.3 is 0 Å². The van der Waals surface area contributed by atoms with Crippen molar-refractivity contribution >= 4 is 17.3 Å². The summed E-state index contributed by atoms with van der Waals surface area (Å²) in [6, 6.07) is 0.658. The first kappa shape index (κ1) is 21.8. The quantitative estimate of drug-likeness (QED) is 0.597. The van der Waals surface area contributed by atoms with Gasteiger partial charge in [0.05, 0.1) is 13.2 Å². The van der Waals surface area contributed by atoms with Crippen LogP contribution in [-0.4, -0.2) is 105 Å². The number of thiocarbonyl (C=S) groups is 1. The van der Waals surface area contributed by atoms with Crippen molar-refractivity contribution < 1.29 is 4.74 Å². The zero-order chi connectivity index (χ0) is 20.1. The highest BCUT2D eigenvalue weighted by Crippen LogP contribution is 2.37. The Balaban J connectivity index is 1.12. The van der Waals surface area contributed by atoms with Gasteiger partial charge in [0.25, 0.3) is 0 Å². The van der Waals surface area contributed by atoms with Crippen LogP contribution in [0.1, 0.15) is 32.6 Å². The maximum absolute atomic E-state index is 5.53. The second kappa shape index (κ2) is 10.7. The van der Waals surface area contributed by atoms with E-state index in [4.69, 9.17) is 17.0 Å². The van der Waals surface area contributed by atoms with E-state index in [-0.39, 0.29) is 0 Å². The Hall–Kier alpha value is -0.470. The molecule has 29 heavy (non-hydrogen) atoms. The lowest BCUT2D eigenvalue weighted by molar-refractivity contribution is -0.0139. The van der Waals surface area contributed by atoms with Crippen LogP contribution in [0.15, 0.2) is 0 Å². The molecule has 5 aliphatic rings. The molecule has 0 saturated carbocycles. The van der Waals surface area contributed by atoms with E-state index in [1.54, 1.807) is 0 Å². The molecule has 5 heterocycles. The molecule has 0 amide bonds. The average Bonchev–Trinajstić information content (AvgIpc) is 2.75. The van der Waals surface area contributed by atoms with Crippen molar-refractivity contribution in [2.24, 2.45) is 17.8 Å². The molecule has 4 atom stereocenters. The molecule has 5 rings (SSSR count). The summed E-state index contributed by atoms with van der Waals surface area (Å²) in [7, 11) is 0. The fourth-order valence-corrected chi connectivity index (χ4v) is 5.86. The fourth-order valence-electron chi connectivity index (χ4n) is 5.67. The first-order valence-corrected chi connectivity index (χ1v) is 12.4. The summed E-state index contributed by atoms with van der Waals surface area (Å²) in [6.45, 7) is 15.7. The molecule has 7 heteroatoms. The molecule has 0 spiro atoms. The number of hydrogen-bond acceptors (Lipinski definition) is 5. The third kappa shape index (κ3) is 6.26. The van der Waals surface area contributed by atoms with Crippen LogP contribution in [0.2, 0.25) is 0 Å². The first-order chi connectivity index (χ1) is 14.2. The van der Waals surface area contributed by atoms with E-state index in [0.717, 1.165) is 68.8 Å². The molecular weight excluding hydrogens is 382 g/mol. The molecule has 6 nitrogen and oxygen atoms in total. The zero-order valence-electron chi connectivity index (χ0n) is 18.3. The van der Waals surface area contributed by atoms with Crippen molar-refractivity contribution in [3.8, 4) is 0 Å². The van der Waals surface area contributed by atoms with E-state index in [2.05, 4.69) is 32.3 Å². The Morgan fingerprint density at radius 3 is 2.52 bits per heavy atom. The smallest absolute Gasteiger partial charge is 0.166 e. The summed E-state index contributed by atoms with van der Waals surface area (Å²) in [6.07, 6.45) is 5.53. The standard InChI is InChI=1S/C22H41N5OS/c1-18-2-6-26(7-3-18)16-20-17-27-8-4-19(20)14-21(27)15-24-22(29)23-5-9-25-10-12-28-13-11-25/h18-21H,2-17H2,1H3,(H2,23,24,29)/t19-,20-,21+/m0/s1. The summed E-state index contributed by atoms with van der Waals surface area (Å²) < 4.78 is 5.40. The van der Waals surface area contributed by atoms with Gasteiger partial charge in [0.2, 0.25) is 0 Å². The van der Waals surface area contributed by atoms with Gasteiger partial charge in [0.1, 0.15) is 0 Å². The van der Waals surface area contributed by atoms with Crippen molar-refractivity contribution in [1.29, 1.82) is 0 Å². The SMILES string of the molecule is CC1CCN(C[C@H]2CN3CC[C@H]2C[C@@H]3CNC(=S)NCCN2CCOCC2)CC1. The van der Waals surface area contributed by atoms with Crippen LogP contribution in [0.25, 0.3) is 0 Å². The lowest BCUT2D eigenvalue weighted by atomic mass is 9.75. The molecule has 5 saturated heterocycles. The second-order valence-corrected chi connectivity index (χ2v) is 10.2. The second-order valence-electron chi connectivity index (χ2n) is 9.77. The number of ether oxygens (including phenoxy) is 1. The van der Waals surface area contributed by atoms with Gasteiger partial charge in [-0.25, -0.2) is 0 Å². The number of fused-ring (bicyclic) bond motifs is 3. The van der Waals surface area contributed by atoms with Crippen LogP contribution in [0, 0.1) is 17.8 Å². The Morgan fingerprint density at radius 2 is 1.79 bits per heavy atom. The lowest BCUT2D eigenvalue weighted by Gasteiger charge is -2.51. The Kier molecular flexibility index (Phi) is 8.03. The molecule has 2 N–H and O–H groups in total. The van der Waals surface area contributed by atoms with Gasteiger partial charge in [0, 0.05) is 51.9 Å². The van der Waals surface area contributed by atoms with Gasteiger partial charge in [-0.1, -0.05) is 6.92 Å². The maximum Gasteiger partial charge on any atom is 0.166 e. The summed E-state index contributed by atoms with van der Waals surface area (Å²) in [5.41, 5.74) is 0. The Bertz CT molecular complexity index is 521. The number of rotatable bonds is 7. The minimum atomic E-state index is 0.658. The summed E-state index contributed by atoms with van der Waals surface area (Å²) in [4.78, 5) is 7.92. The number of morpholine rings is 1. The highest BCUT2D eigenvalue weighted by molar-refractivity contribution is 7.80. The van der Waals surface area contributed by atoms with Crippen molar-refractivity contribution in [2.75, 3.05) is 78.7 Å². The molecule has 2 bridgehead atoms. The van der Waals surface area contributed by atoms with Crippen LogP contribution < -0.4 is 10.6 Å². The molecule has 0 aromatic rings. The third-order valence-electron chi connectivity index (χ3n) is 7.70. The van der Waals surface area contributed by atoms with E-state index in [0.29, 0.717) is 6.04 Å². The normalized spacial score (nSPS) is 34.2. The van der Waals surface area contributed by atoms with E-state index in [9.17, 15) is 0 Å². The third-order valence-corrected chi connectivity index (χ3v) is 7.99. The van der Waals surface area contributed by atoms with E-state index >= 15 is 0 Å². The van der Waals surface area contributed by atoms with E-state index < -0.39 is 0 Å². The predicted molar refractivity (Wildman–Crippen MR) is 122 cm³/mol. The van der Waals surface area contributed by atoms with Gasteiger partial charge in [-0.3, -0.25) is 9.80 Å². The molecule has 0 radical (unpaired) electrons. The molecule has 1 unspecified atom stereocenters. The Labute approximate surface area is 182 Å². The largest absolute Gasteiger partial charge is 0.379 e. The number of nitrogens with one attached hydrogen (secondary N) is 2. The Morgan fingerprint density at radius 1 is 1.00 bits per heavy atom. The van der Waals surface area contributed by atoms with Gasteiger partial charge in [-0.05, 0) is 75.3 Å². The number of hydrogen-bond donors (Lipinski definition) is 2. The van der Waals surface area contributed by atoms with Gasteiger partial charge in [0.15, 0.2) is 5.11 Å². The number of piperidine rings is 4. The van der Waals surface area contributed by atoms with Crippen molar-refractivity contribution in [3.05, 3.63) is 0 Å². The average molecular weight is 424 g/mol. The first-order valence-electron chi connectivity index (χ1n) is 12.0. The summed E-state index contributed by atoms with van der Waals surface area (Å²) in [5, 5.41) is 7.71. The van der Waals surface area contributed by atoms with Gasteiger partial charge in [-0.15, -0.1) is 0 Å². The van der Waals surface area contributed by atoms with Crippen LogP contribution in [0.5, 0.6) is 0 Å². The van der Waals surface area contributed by atoms with Crippen molar-refractivity contribution in [3.63, 3.8) is 0 Å². The molecule has 5 fully saturated rings. The molecule has 0 aromatic heterocycles. The number of likely N-dealkylation sites (tertiary alicyclic amines) is 1.